The minimum Gasteiger partial charge on any atom is -0.481 e. The number of carboxylic acid groups (broad SMARTS) is 1. The predicted molar refractivity (Wildman–Crippen MR) is 74.1 cm³/mol. The van der Waals surface area contributed by atoms with E-state index in [-0.39, 0.29) is 24.1 Å². The molecule has 4 atom stereocenters. The van der Waals surface area contributed by atoms with Crippen molar-refractivity contribution in [3.63, 3.8) is 0 Å². The van der Waals surface area contributed by atoms with Gasteiger partial charge < -0.3 is 10.0 Å². The number of piperidine rings is 1. The third-order valence-corrected chi connectivity index (χ3v) is 5.14. The highest BCUT2D eigenvalue weighted by atomic mass is 19.1. The van der Waals surface area contributed by atoms with Crippen LogP contribution in [0.15, 0.2) is 24.3 Å². The molecule has 2 aliphatic heterocycles. The lowest BCUT2D eigenvalue weighted by molar-refractivity contribution is -0.139. The molecule has 2 fully saturated rings. The fourth-order valence-corrected chi connectivity index (χ4v) is 4.15. The van der Waals surface area contributed by atoms with Gasteiger partial charge in [0.2, 0.25) is 0 Å². The third kappa shape index (κ3) is 2.33. The lowest BCUT2D eigenvalue weighted by Gasteiger charge is -2.43. The number of fused-ring (bicyclic) bond motifs is 2. The second kappa shape index (κ2) is 5.17. The summed E-state index contributed by atoms with van der Waals surface area (Å²) < 4.78 is 13.1. The highest BCUT2D eigenvalue weighted by Gasteiger charge is 2.46. The quantitative estimate of drug-likeness (QED) is 0.923. The molecule has 108 valence electrons. The van der Waals surface area contributed by atoms with E-state index in [0.29, 0.717) is 12.1 Å². The van der Waals surface area contributed by atoms with Gasteiger partial charge in [0.25, 0.3) is 0 Å². The van der Waals surface area contributed by atoms with Crippen LogP contribution in [0.25, 0.3) is 0 Å². The Morgan fingerprint density at radius 3 is 2.70 bits per heavy atom. The van der Waals surface area contributed by atoms with Crippen molar-refractivity contribution in [2.24, 2.45) is 5.92 Å². The molecule has 4 heteroatoms. The number of nitrogens with zero attached hydrogens (tertiary/aromatic N) is 1. The number of hydrogen-bond donors (Lipinski definition) is 1. The summed E-state index contributed by atoms with van der Waals surface area (Å²) in [5, 5.41) is 9.21. The summed E-state index contributed by atoms with van der Waals surface area (Å²) in [6, 6.07) is 7.49. The Kier molecular flexibility index (Phi) is 3.50. The first-order valence-corrected chi connectivity index (χ1v) is 7.25. The number of carbonyl (C=O) groups is 1. The zero-order chi connectivity index (χ0) is 14.3. The number of hydrogen-bond acceptors (Lipinski definition) is 2. The van der Waals surface area contributed by atoms with Crippen LogP contribution in [0.5, 0.6) is 0 Å². The molecule has 2 unspecified atom stereocenters. The molecule has 2 bridgehead atoms. The Balaban J connectivity index is 1.91. The van der Waals surface area contributed by atoms with Crippen molar-refractivity contribution in [1.82, 2.24) is 4.90 Å². The molecule has 0 aromatic heterocycles. The highest BCUT2D eigenvalue weighted by molar-refractivity contribution is 5.67. The molecular formula is C16H20FNO2. The molecule has 3 nitrogen and oxygen atoms in total. The van der Waals surface area contributed by atoms with E-state index < -0.39 is 5.97 Å². The van der Waals surface area contributed by atoms with Crippen molar-refractivity contribution in [3.05, 3.63) is 35.6 Å². The number of aliphatic carboxylic acids is 1. The van der Waals surface area contributed by atoms with Crippen molar-refractivity contribution in [2.45, 2.75) is 43.7 Å². The van der Waals surface area contributed by atoms with Crippen molar-refractivity contribution >= 4 is 5.97 Å². The van der Waals surface area contributed by atoms with E-state index in [1.807, 2.05) is 12.1 Å². The number of carboxylic acids is 1. The Morgan fingerprint density at radius 1 is 1.35 bits per heavy atom. The van der Waals surface area contributed by atoms with Crippen LogP contribution in [-0.2, 0) is 4.79 Å². The Morgan fingerprint density at radius 2 is 2.05 bits per heavy atom. The molecular weight excluding hydrogens is 257 g/mol. The number of halogens is 1. The molecule has 0 radical (unpaired) electrons. The van der Waals surface area contributed by atoms with Gasteiger partial charge in [-0.3, -0.25) is 4.79 Å². The first kappa shape index (κ1) is 13.6. The summed E-state index contributed by atoms with van der Waals surface area (Å²) in [6.07, 6.45) is 3.41. The SMILES string of the molecule is CN1C2CCC1[C@@H](CC(=O)O)[C@@H](c1ccc(F)cc1)C2. The van der Waals surface area contributed by atoms with Gasteiger partial charge in [0.05, 0.1) is 6.42 Å². The molecule has 1 aromatic carbocycles. The third-order valence-electron chi connectivity index (χ3n) is 5.14. The predicted octanol–water partition coefficient (Wildman–Crippen LogP) is 2.87. The van der Waals surface area contributed by atoms with Crippen LogP contribution in [-0.4, -0.2) is 35.1 Å². The summed E-state index contributed by atoms with van der Waals surface area (Å²) in [7, 11) is 2.11. The van der Waals surface area contributed by atoms with Crippen LogP contribution in [0.4, 0.5) is 4.39 Å². The van der Waals surface area contributed by atoms with E-state index in [9.17, 15) is 14.3 Å². The summed E-state index contributed by atoms with van der Waals surface area (Å²) >= 11 is 0. The topological polar surface area (TPSA) is 40.5 Å². The molecule has 1 aromatic rings. The lowest BCUT2D eigenvalue weighted by Crippen LogP contribution is -2.46. The van der Waals surface area contributed by atoms with Gasteiger partial charge in [0.1, 0.15) is 5.82 Å². The summed E-state index contributed by atoms with van der Waals surface area (Å²) in [6.45, 7) is 0. The van der Waals surface area contributed by atoms with Crippen LogP contribution in [0.1, 0.15) is 37.2 Å². The fraction of sp³-hybridized carbons (Fsp3) is 0.562. The summed E-state index contributed by atoms with van der Waals surface area (Å²) in [5.74, 6) is -0.609. The smallest absolute Gasteiger partial charge is 0.303 e. The van der Waals surface area contributed by atoms with Crippen molar-refractivity contribution in [3.8, 4) is 0 Å². The number of rotatable bonds is 3. The van der Waals surface area contributed by atoms with Gasteiger partial charge in [-0.15, -0.1) is 0 Å². The van der Waals surface area contributed by atoms with Crippen molar-refractivity contribution in [2.75, 3.05) is 7.05 Å². The number of benzene rings is 1. The molecule has 0 spiro atoms. The molecule has 2 aliphatic rings. The maximum absolute atomic E-state index is 13.1. The summed E-state index contributed by atoms with van der Waals surface area (Å²) in [5.41, 5.74) is 1.09. The molecule has 2 saturated heterocycles. The average Bonchev–Trinajstić information content (AvgIpc) is 2.65. The first-order valence-electron chi connectivity index (χ1n) is 7.25. The van der Waals surface area contributed by atoms with Gasteiger partial charge >= 0.3 is 5.97 Å². The molecule has 3 rings (SSSR count). The molecule has 0 amide bonds. The Hall–Kier alpha value is -1.42. The van der Waals surface area contributed by atoms with Crippen LogP contribution in [0, 0.1) is 11.7 Å². The normalized spacial score (nSPS) is 33.3. The molecule has 0 aliphatic carbocycles. The van der Waals surface area contributed by atoms with Crippen LogP contribution < -0.4 is 0 Å². The van der Waals surface area contributed by atoms with E-state index in [4.69, 9.17) is 0 Å². The zero-order valence-electron chi connectivity index (χ0n) is 11.6. The Labute approximate surface area is 118 Å². The van der Waals surface area contributed by atoms with Gasteiger partial charge in [0, 0.05) is 12.1 Å². The minimum absolute atomic E-state index is 0.127. The zero-order valence-corrected chi connectivity index (χ0v) is 11.6. The maximum Gasteiger partial charge on any atom is 0.303 e. The van der Waals surface area contributed by atoms with Gasteiger partial charge in [0.15, 0.2) is 0 Å². The first-order chi connectivity index (χ1) is 9.56. The molecule has 0 saturated carbocycles. The minimum atomic E-state index is -0.735. The monoisotopic (exact) mass is 277 g/mol. The molecule has 2 heterocycles. The average molecular weight is 277 g/mol. The Bertz CT molecular complexity index is 502. The largest absolute Gasteiger partial charge is 0.481 e. The van der Waals surface area contributed by atoms with Gasteiger partial charge in [-0.25, -0.2) is 4.39 Å². The molecule has 20 heavy (non-hydrogen) atoms. The second-order valence-corrected chi connectivity index (χ2v) is 6.12. The molecule has 1 N–H and O–H groups in total. The highest BCUT2D eigenvalue weighted by Crippen LogP contribution is 2.47. The summed E-state index contributed by atoms with van der Waals surface area (Å²) in [4.78, 5) is 13.6. The van der Waals surface area contributed by atoms with Gasteiger partial charge in [-0.2, -0.15) is 0 Å². The van der Waals surface area contributed by atoms with Crippen LogP contribution in [0.3, 0.4) is 0 Å². The van der Waals surface area contributed by atoms with E-state index in [1.165, 1.54) is 12.1 Å². The van der Waals surface area contributed by atoms with E-state index in [1.54, 1.807) is 0 Å². The van der Waals surface area contributed by atoms with E-state index in [0.717, 1.165) is 24.8 Å². The van der Waals surface area contributed by atoms with E-state index in [2.05, 4.69) is 11.9 Å². The van der Waals surface area contributed by atoms with Gasteiger partial charge in [-0.05, 0) is 55.8 Å². The van der Waals surface area contributed by atoms with Gasteiger partial charge in [-0.1, -0.05) is 12.1 Å². The van der Waals surface area contributed by atoms with Crippen LogP contribution >= 0.6 is 0 Å². The maximum atomic E-state index is 13.1. The van der Waals surface area contributed by atoms with Crippen molar-refractivity contribution in [1.29, 1.82) is 0 Å². The van der Waals surface area contributed by atoms with Crippen molar-refractivity contribution < 1.29 is 14.3 Å². The van der Waals surface area contributed by atoms with Crippen LogP contribution in [0.2, 0.25) is 0 Å². The second-order valence-electron chi connectivity index (χ2n) is 6.12. The van der Waals surface area contributed by atoms with E-state index >= 15 is 0 Å². The lowest BCUT2D eigenvalue weighted by atomic mass is 9.74. The standard InChI is InChI=1S/C16H20FNO2/c1-18-12-6-7-15(18)14(9-16(19)20)13(8-12)10-2-4-11(17)5-3-10/h2-5,12-15H,6-9H2,1H3,(H,19,20)/t12?,13-,14+,15?/m1/s1. The fourth-order valence-electron chi connectivity index (χ4n) is 4.15.